The fourth-order valence-corrected chi connectivity index (χ4v) is 1.02. The van der Waals surface area contributed by atoms with Crippen LogP contribution in [0, 0.1) is 0 Å². The zero-order chi connectivity index (χ0) is 9.52. The van der Waals surface area contributed by atoms with Gasteiger partial charge in [0, 0.05) is 6.42 Å². The van der Waals surface area contributed by atoms with E-state index in [2.05, 4.69) is 10.3 Å². The lowest BCUT2D eigenvalue weighted by molar-refractivity contribution is 0.438. The Labute approximate surface area is 78.5 Å². The average molecular weight is 183 g/mol. The van der Waals surface area contributed by atoms with Gasteiger partial charge in [0.15, 0.2) is 0 Å². The van der Waals surface area contributed by atoms with Gasteiger partial charge in [-0.25, -0.2) is 4.98 Å². The highest BCUT2D eigenvalue weighted by atomic mass is 16.4. The lowest BCUT2D eigenvalue weighted by atomic mass is 10.4. The summed E-state index contributed by atoms with van der Waals surface area (Å²) in [4.78, 5) is 4.12. The molecule has 0 aliphatic rings. The van der Waals surface area contributed by atoms with Crippen LogP contribution in [0.2, 0.25) is 0 Å². The molecule has 0 unspecified atom stereocenters. The van der Waals surface area contributed by atoms with Crippen molar-refractivity contribution in [1.82, 2.24) is 10.3 Å². The first kappa shape index (κ1) is 10.2. The standard InChI is InChI=1S/C9H17N3O/c1-2-8-6-12-9(13-8)7-11-5-3-4-10/h6,11H,2-5,7,10H2,1H3. The number of oxazole rings is 1. The van der Waals surface area contributed by atoms with E-state index in [1.165, 1.54) is 0 Å². The van der Waals surface area contributed by atoms with Crippen molar-refractivity contribution >= 4 is 0 Å². The van der Waals surface area contributed by atoms with Gasteiger partial charge in [0.25, 0.3) is 0 Å². The van der Waals surface area contributed by atoms with Crippen molar-refractivity contribution in [2.75, 3.05) is 13.1 Å². The molecular formula is C9H17N3O. The van der Waals surface area contributed by atoms with Gasteiger partial charge in [-0.1, -0.05) is 6.92 Å². The third-order valence-corrected chi connectivity index (χ3v) is 1.78. The Kier molecular flexibility index (Phi) is 4.49. The summed E-state index contributed by atoms with van der Waals surface area (Å²) in [5.41, 5.74) is 5.35. The van der Waals surface area contributed by atoms with E-state index >= 15 is 0 Å². The van der Waals surface area contributed by atoms with E-state index in [1.807, 2.05) is 6.92 Å². The molecule has 0 aromatic carbocycles. The molecule has 0 bridgehead atoms. The highest BCUT2D eigenvalue weighted by Crippen LogP contribution is 2.03. The maximum absolute atomic E-state index is 5.41. The molecule has 0 aliphatic heterocycles. The molecule has 1 aromatic heterocycles. The number of hydrogen-bond donors (Lipinski definition) is 2. The Morgan fingerprint density at radius 3 is 3.08 bits per heavy atom. The Hall–Kier alpha value is -0.870. The van der Waals surface area contributed by atoms with E-state index in [0.717, 1.165) is 37.6 Å². The van der Waals surface area contributed by atoms with E-state index in [1.54, 1.807) is 6.20 Å². The van der Waals surface area contributed by atoms with Crippen LogP contribution in [0.15, 0.2) is 10.6 Å². The predicted octanol–water partition coefficient (Wildman–Crippen LogP) is 0.675. The summed E-state index contributed by atoms with van der Waals surface area (Å²) < 4.78 is 5.41. The SMILES string of the molecule is CCc1cnc(CNCCCN)o1. The number of nitrogens with one attached hydrogen (secondary N) is 1. The smallest absolute Gasteiger partial charge is 0.208 e. The molecule has 1 heterocycles. The molecule has 0 radical (unpaired) electrons. The van der Waals surface area contributed by atoms with Gasteiger partial charge >= 0.3 is 0 Å². The van der Waals surface area contributed by atoms with E-state index in [4.69, 9.17) is 10.2 Å². The topological polar surface area (TPSA) is 64.1 Å². The first-order chi connectivity index (χ1) is 6.36. The molecule has 3 N–H and O–H groups in total. The van der Waals surface area contributed by atoms with Crippen molar-refractivity contribution in [3.05, 3.63) is 17.8 Å². The van der Waals surface area contributed by atoms with E-state index < -0.39 is 0 Å². The second kappa shape index (κ2) is 5.72. The predicted molar refractivity (Wildman–Crippen MR) is 51.3 cm³/mol. The number of aryl methyl sites for hydroxylation is 1. The van der Waals surface area contributed by atoms with Crippen LogP contribution < -0.4 is 11.1 Å². The highest BCUT2D eigenvalue weighted by Gasteiger charge is 2.00. The highest BCUT2D eigenvalue weighted by molar-refractivity contribution is 4.93. The van der Waals surface area contributed by atoms with Crippen molar-refractivity contribution in [3.8, 4) is 0 Å². The first-order valence-electron chi connectivity index (χ1n) is 4.71. The zero-order valence-electron chi connectivity index (χ0n) is 8.05. The maximum Gasteiger partial charge on any atom is 0.208 e. The molecule has 0 fully saturated rings. The minimum Gasteiger partial charge on any atom is -0.444 e. The van der Waals surface area contributed by atoms with E-state index in [0.29, 0.717) is 6.54 Å². The monoisotopic (exact) mass is 183 g/mol. The van der Waals surface area contributed by atoms with Crippen molar-refractivity contribution < 1.29 is 4.42 Å². The van der Waals surface area contributed by atoms with Gasteiger partial charge in [-0.05, 0) is 19.5 Å². The molecule has 0 atom stereocenters. The van der Waals surface area contributed by atoms with Crippen molar-refractivity contribution in [2.45, 2.75) is 26.3 Å². The number of nitrogens with two attached hydrogens (primary N) is 1. The molecule has 4 nitrogen and oxygen atoms in total. The lowest BCUT2D eigenvalue weighted by Crippen LogP contribution is -2.17. The molecule has 1 rings (SSSR count). The van der Waals surface area contributed by atoms with Gasteiger partial charge in [0.1, 0.15) is 5.76 Å². The quantitative estimate of drug-likeness (QED) is 0.636. The van der Waals surface area contributed by atoms with Crippen LogP contribution >= 0.6 is 0 Å². The Morgan fingerprint density at radius 2 is 2.46 bits per heavy atom. The largest absolute Gasteiger partial charge is 0.444 e. The summed E-state index contributed by atoms with van der Waals surface area (Å²) in [6.07, 6.45) is 3.66. The summed E-state index contributed by atoms with van der Waals surface area (Å²) in [5, 5.41) is 3.20. The molecule has 0 saturated carbocycles. The van der Waals surface area contributed by atoms with E-state index in [-0.39, 0.29) is 0 Å². The van der Waals surface area contributed by atoms with Crippen LogP contribution in [0.5, 0.6) is 0 Å². The van der Waals surface area contributed by atoms with Gasteiger partial charge in [-0.2, -0.15) is 0 Å². The number of nitrogens with zero attached hydrogens (tertiary/aromatic N) is 1. The second-order valence-corrected chi connectivity index (χ2v) is 2.89. The molecule has 4 heteroatoms. The fourth-order valence-electron chi connectivity index (χ4n) is 1.02. The second-order valence-electron chi connectivity index (χ2n) is 2.89. The number of hydrogen-bond acceptors (Lipinski definition) is 4. The Morgan fingerprint density at radius 1 is 1.62 bits per heavy atom. The molecule has 13 heavy (non-hydrogen) atoms. The molecule has 0 aliphatic carbocycles. The number of aromatic nitrogens is 1. The average Bonchev–Trinajstić information content (AvgIpc) is 2.60. The Bertz CT molecular complexity index is 235. The van der Waals surface area contributed by atoms with Gasteiger partial charge in [0.2, 0.25) is 5.89 Å². The normalized spacial score (nSPS) is 10.6. The zero-order valence-corrected chi connectivity index (χ0v) is 8.05. The first-order valence-corrected chi connectivity index (χ1v) is 4.71. The molecule has 0 amide bonds. The lowest BCUT2D eigenvalue weighted by Gasteiger charge is -1.98. The third kappa shape index (κ3) is 3.57. The summed E-state index contributed by atoms with van der Waals surface area (Å²) in [6.45, 7) is 4.38. The Balaban J connectivity index is 2.20. The van der Waals surface area contributed by atoms with Crippen molar-refractivity contribution in [3.63, 3.8) is 0 Å². The van der Waals surface area contributed by atoms with Crippen LogP contribution in [0.4, 0.5) is 0 Å². The summed E-state index contributed by atoms with van der Waals surface area (Å²) in [6, 6.07) is 0. The molecule has 0 spiro atoms. The third-order valence-electron chi connectivity index (χ3n) is 1.78. The van der Waals surface area contributed by atoms with E-state index in [9.17, 15) is 0 Å². The van der Waals surface area contributed by atoms with Crippen LogP contribution in [-0.4, -0.2) is 18.1 Å². The molecule has 0 saturated heterocycles. The van der Waals surface area contributed by atoms with Crippen LogP contribution in [0.3, 0.4) is 0 Å². The minimum atomic E-state index is 0.694. The molecule has 74 valence electrons. The van der Waals surface area contributed by atoms with Gasteiger partial charge in [-0.15, -0.1) is 0 Å². The van der Waals surface area contributed by atoms with Gasteiger partial charge in [0.05, 0.1) is 12.7 Å². The number of rotatable bonds is 6. The fraction of sp³-hybridized carbons (Fsp3) is 0.667. The van der Waals surface area contributed by atoms with Crippen molar-refractivity contribution in [2.24, 2.45) is 5.73 Å². The van der Waals surface area contributed by atoms with Gasteiger partial charge in [-0.3, -0.25) is 0 Å². The van der Waals surface area contributed by atoms with Crippen LogP contribution in [0.1, 0.15) is 25.0 Å². The summed E-state index contributed by atoms with van der Waals surface area (Å²) >= 11 is 0. The van der Waals surface area contributed by atoms with Crippen LogP contribution in [-0.2, 0) is 13.0 Å². The van der Waals surface area contributed by atoms with Crippen molar-refractivity contribution in [1.29, 1.82) is 0 Å². The maximum atomic E-state index is 5.41. The van der Waals surface area contributed by atoms with Gasteiger partial charge < -0.3 is 15.5 Å². The van der Waals surface area contributed by atoms with Crippen LogP contribution in [0.25, 0.3) is 0 Å². The summed E-state index contributed by atoms with van der Waals surface area (Å²) in [7, 11) is 0. The minimum absolute atomic E-state index is 0.694. The summed E-state index contributed by atoms with van der Waals surface area (Å²) in [5.74, 6) is 1.70. The molecule has 1 aromatic rings. The molecular weight excluding hydrogens is 166 g/mol.